The van der Waals surface area contributed by atoms with Gasteiger partial charge in [0, 0.05) is 23.7 Å². The van der Waals surface area contributed by atoms with Crippen LogP contribution in [-0.2, 0) is 4.79 Å². The van der Waals surface area contributed by atoms with E-state index in [2.05, 4.69) is 21.5 Å². The Kier molecular flexibility index (Phi) is 6.00. The van der Waals surface area contributed by atoms with Crippen LogP contribution in [0.1, 0.15) is 44.6 Å². The molecule has 3 aliphatic rings. The first kappa shape index (κ1) is 23.0. The predicted octanol–water partition coefficient (Wildman–Crippen LogP) is 3.59. The molecule has 180 valence electrons. The van der Waals surface area contributed by atoms with Crippen molar-refractivity contribution in [1.29, 1.82) is 0 Å². The molecule has 1 aliphatic carbocycles. The average molecular weight is 470 g/mol. The van der Waals surface area contributed by atoms with Gasteiger partial charge < -0.3 is 26.0 Å². The van der Waals surface area contributed by atoms with Crippen molar-refractivity contribution in [3.05, 3.63) is 66.0 Å². The third-order valence-corrected chi connectivity index (χ3v) is 7.32. The summed E-state index contributed by atoms with van der Waals surface area (Å²) in [6, 6.07) is 17.8. The fraction of sp³-hybridized carbons (Fsp3) is 0.357. The van der Waals surface area contributed by atoms with Crippen LogP contribution < -0.4 is 21.1 Å². The molecule has 2 unspecified atom stereocenters. The molecule has 35 heavy (non-hydrogen) atoms. The summed E-state index contributed by atoms with van der Waals surface area (Å²) < 4.78 is 5.95. The number of rotatable bonds is 5. The summed E-state index contributed by atoms with van der Waals surface area (Å²) in [6.07, 6.45) is 11.9. The fourth-order valence-corrected chi connectivity index (χ4v) is 5.46. The summed E-state index contributed by atoms with van der Waals surface area (Å²) in [4.78, 5) is 18.7. The number of terminal acetylenes is 1. The van der Waals surface area contributed by atoms with Crippen LogP contribution in [0.2, 0.25) is 0 Å². The second-order valence-electron chi connectivity index (χ2n) is 9.75. The molecular weight excluding hydrogens is 438 g/mol. The summed E-state index contributed by atoms with van der Waals surface area (Å²) >= 11 is 0. The van der Waals surface area contributed by atoms with Gasteiger partial charge in [0.25, 0.3) is 5.91 Å². The van der Waals surface area contributed by atoms with E-state index in [4.69, 9.17) is 16.9 Å². The molecule has 2 aromatic rings. The summed E-state index contributed by atoms with van der Waals surface area (Å²) in [5.41, 5.74) is 7.45. The Balaban J connectivity index is 1.38. The van der Waals surface area contributed by atoms with Crippen molar-refractivity contribution in [2.75, 3.05) is 6.54 Å². The number of likely N-dealkylation sites (tertiary alicyclic amines) is 1. The molecule has 2 heterocycles. The van der Waals surface area contributed by atoms with Crippen LogP contribution in [0, 0.1) is 12.3 Å². The van der Waals surface area contributed by atoms with Gasteiger partial charge in [0.2, 0.25) is 0 Å². The lowest BCUT2D eigenvalue weighted by molar-refractivity contribution is -0.139. The molecule has 7 heteroatoms. The Bertz CT molecular complexity index is 1190. The number of hydrogen-bond acceptors (Lipinski definition) is 6. The van der Waals surface area contributed by atoms with Crippen molar-refractivity contribution in [3.8, 4) is 23.8 Å². The number of benzene rings is 2. The van der Waals surface area contributed by atoms with E-state index in [0.717, 1.165) is 60.6 Å². The van der Waals surface area contributed by atoms with Crippen LogP contribution in [0.15, 0.2) is 65.4 Å². The Morgan fingerprint density at radius 1 is 1.20 bits per heavy atom. The van der Waals surface area contributed by atoms with Gasteiger partial charge in [-0.3, -0.25) is 4.79 Å². The standard InChI is InChI=1S/C28H31N5O2/c1-3-24(34)33-17-14-21(18-28(33)15-7-16-28)32-26-25(27(2,29)31-19-30-26)20-10-12-23(13-11-20)35-22-8-5-4-6-9-22/h1,4-6,8-13,19,21,32H,7,14-18,29H2,2H3,(H,30,31). The maximum atomic E-state index is 12.3. The number of ether oxygens (including phenoxy) is 1. The summed E-state index contributed by atoms with van der Waals surface area (Å²) in [5.74, 6) is 4.50. The van der Waals surface area contributed by atoms with E-state index in [-0.39, 0.29) is 17.5 Å². The highest BCUT2D eigenvalue weighted by atomic mass is 16.5. The monoisotopic (exact) mass is 469 g/mol. The molecule has 1 spiro atoms. The molecule has 2 aliphatic heterocycles. The van der Waals surface area contributed by atoms with Crippen molar-refractivity contribution < 1.29 is 9.53 Å². The van der Waals surface area contributed by atoms with Gasteiger partial charge in [0.15, 0.2) is 0 Å². The van der Waals surface area contributed by atoms with E-state index < -0.39 is 5.66 Å². The van der Waals surface area contributed by atoms with Crippen LogP contribution in [0.5, 0.6) is 11.5 Å². The third-order valence-electron chi connectivity index (χ3n) is 7.32. The number of piperidine rings is 1. The van der Waals surface area contributed by atoms with Gasteiger partial charge in [-0.1, -0.05) is 30.3 Å². The van der Waals surface area contributed by atoms with Gasteiger partial charge in [-0.25, -0.2) is 4.99 Å². The Morgan fingerprint density at radius 2 is 1.91 bits per heavy atom. The molecule has 1 saturated heterocycles. The fourth-order valence-electron chi connectivity index (χ4n) is 5.46. The molecule has 1 amide bonds. The highest BCUT2D eigenvalue weighted by Crippen LogP contribution is 2.45. The Morgan fingerprint density at radius 3 is 2.57 bits per heavy atom. The number of nitrogens with one attached hydrogen (secondary N) is 2. The van der Waals surface area contributed by atoms with Crippen LogP contribution in [-0.4, -0.2) is 40.9 Å². The van der Waals surface area contributed by atoms with Gasteiger partial charge in [0.1, 0.15) is 23.0 Å². The van der Waals surface area contributed by atoms with Crippen LogP contribution in [0.25, 0.3) is 5.57 Å². The topological polar surface area (TPSA) is 92.0 Å². The van der Waals surface area contributed by atoms with E-state index in [1.54, 1.807) is 6.34 Å². The van der Waals surface area contributed by atoms with Crippen LogP contribution >= 0.6 is 0 Å². The normalized spacial score (nSPS) is 24.8. The SMILES string of the molecule is C#CC(=O)N1CCC(NC2=C(c3ccc(Oc4ccccc4)cc3)C(C)(N)N=CN2)CC12CCC2. The molecular formula is C28H31N5O2. The highest BCUT2D eigenvalue weighted by molar-refractivity contribution is 5.93. The zero-order valence-corrected chi connectivity index (χ0v) is 20.0. The minimum absolute atomic E-state index is 0.134. The third kappa shape index (κ3) is 4.50. The molecule has 2 fully saturated rings. The van der Waals surface area contributed by atoms with Crippen molar-refractivity contribution in [2.24, 2.45) is 10.7 Å². The molecule has 4 N–H and O–H groups in total. The number of hydrogen-bond donors (Lipinski definition) is 3. The molecule has 2 atom stereocenters. The quantitative estimate of drug-likeness (QED) is 0.582. The first-order chi connectivity index (χ1) is 16.9. The van der Waals surface area contributed by atoms with E-state index in [9.17, 15) is 4.79 Å². The van der Waals surface area contributed by atoms with Crippen molar-refractivity contribution in [1.82, 2.24) is 15.5 Å². The highest BCUT2D eigenvalue weighted by Gasteiger charge is 2.48. The number of nitrogens with zero attached hydrogens (tertiary/aromatic N) is 2. The van der Waals surface area contributed by atoms with Gasteiger partial charge in [-0.15, -0.1) is 6.42 Å². The second-order valence-corrected chi connectivity index (χ2v) is 9.75. The maximum Gasteiger partial charge on any atom is 0.298 e. The number of carbonyl (C=O) groups excluding carboxylic acids is 1. The molecule has 7 nitrogen and oxygen atoms in total. The second kappa shape index (κ2) is 9.12. The molecule has 5 rings (SSSR count). The summed E-state index contributed by atoms with van der Waals surface area (Å²) in [7, 11) is 0. The number of aliphatic imine (C=N–C) groups is 1. The van der Waals surface area contributed by atoms with Crippen LogP contribution in [0.3, 0.4) is 0 Å². The zero-order chi connectivity index (χ0) is 24.5. The van der Waals surface area contributed by atoms with Crippen molar-refractivity contribution in [2.45, 2.75) is 56.3 Å². The summed E-state index contributed by atoms with van der Waals surface area (Å²) in [5, 5.41) is 6.98. The Labute approximate surface area is 206 Å². The van der Waals surface area contributed by atoms with Gasteiger partial charge in [0.05, 0.1) is 6.34 Å². The van der Waals surface area contributed by atoms with E-state index in [0.29, 0.717) is 6.54 Å². The molecule has 1 saturated carbocycles. The largest absolute Gasteiger partial charge is 0.457 e. The lowest BCUT2D eigenvalue weighted by Gasteiger charge is -2.54. The van der Waals surface area contributed by atoms with Crippen LogP contribution in [0.4, 0.5) is 0 Å². The lowest BCUT2D eigenvalue weighted by atomic mass is 9.68. The first-order valence-electron chi connectivity index (χ1n) is 12.1. The lowest BCUT2D eigenvalue weighted by Crippen LogP contribution is -2.63. The number of nitrogens with two attached hydrogens (primary N) is 1. The average Bonchev–Trinajstić information content (AvgIpc) is 2.83. The predicted molar refractivity (Wildman–Crippen MR) is 137 cm³/mol. The molecule has 2 aromatic carbocycles. The Hall–Kier alpha value is -3.76. The molecule has 0 bridgehead atoms. The zero-order valence-electron chi connectivity index (χ0n) is 20.0. The van der Waals surface area contributed by atoms with E-state index >= 15 is 0 Å². The molecule has 0 radical (unpaired) electrons. The minimum atomic E-state index is -0.899. The first-order valence-corrected chi connectivity index (χ1v) is 12.1. The number of amides is 1. The summed E-state index contributed by atoms with van der Waals surface area (Å²) in [6.45, 7) is 2.56. The van der Waals surface area contributed by atoms with Crippen molar-refractivity contribution in [3.63, 3.8) is 0 Å². The van der Waals surface area contributed by atoms with Gasteiger partial charge >= 0.3 is 0 Å². The van der Waals surface area contributed by atoms with E-state index in [1.165, 1.54) is 0 Å². The minimum Gasteiger partial charge on any atom is -0.457 e. The molecule has 0 aromatic heterocycles. The number of para-hydroxylation sites is 1. The number of carbonyl (C=O) groups is 1. The van der Waals surface area contributed by atoms with Gasteiger partial charge in [-0.2, -0.15) is 0 Å². The van der Waals surface area contributed by atoms with Gasteiger partial charge in [-0.05, 0) is 74.8 Å². The van der Waals surface area contributed by atoms with Crippen molar-refractivity contribution >= 4 is 17.8 Å². The maximum absolute atomic E-state index is 12.3. The smallest absolute Gasteiger partial charge is 0.298 e. The van der Waals surface area contributed by atoms with E-state index in [1.807, 2.05) is 66.4 Å².